The minimum atomic E-state index is -0.347. The summed E-state index contributed by atoms with van der Waals surface area (Å²) in [5, 5.41) is 6.65. The number of carbonyl (C=O) groups excluding carboxylic acids is 2. The third-order valence-electron chi connectivity index (χ3n) is 5.29. The molecule has 0 spiro atoms. The summed E-state index contributed by atoms with van der Waals surface area (Å²) in [7, 11) is 0. The zero-order chi connectivity index (χ0) is 15.1. The number of nitrogens with one attached hydrogen (secondary N) is 1. The molecule has 1 aliphatic heterocycles. The summed E-state index contributed by atoms with van der Waals surface area (Å²) in [6.45, 7) is 0. The first-order valence-corrected chi connectivity index (χ1v) is 8.25. The van der Waals surface area contributed by atoms with Crippen molar-refractivity contribution in [3.05, 3.63) is 23.1 Å². The van der Waals surface area contributed by atoms with Gasteiger partial charge in [-0.15, -0.1) is 0 Å². The summed E-state index contributed by atoms with van der Waals surface area (Å²) in [6.07, 6.45) is 11.3. The Bertz CT molecular complexity index is 646. The Labute approximate surface area is 129 Å². The zero-order valence-electron chi connectivity index (χ0n) is 12.5. The summed E-state index contributed by atoms with van der Waals surface area (Å²) < 4.78 is 5.50. The van der Waals surface area contributed by atoms with Gasteiger partial charge in [-0.3, -0.25) is 14.9 Å². The Hall–Kier alpha value is -1.91. The van der Waals surface area contributed by atoms with Gasteiger partial charge in [0.25, 0.3) is 0 Å². The van der Waals surface area contributed by atoms with Crippen molar-refractivity contribution in [3.63, 3.8) is 0 Å². The van der Waals surface area contributed by atoms with Gasteiger partial charge >= 0.3 is 0 Å². The zero-order valence-corrected chi connectivity index (χ0v) is 12.5. The van der Waals surface area contributed by atoms with E-state index in [1.54, 1.807) is 0 Å². The molecule has 0 radical (unpaired) electrons. The van der Waals surface area contributed by atoms with Crippen molar-refractivity contribution in [2.45, 2.75) is 56.8 Å². The van der Waals surface area contributed by atoms with E-state index in [1.807, 2.05) is 6.08 Å². The highest BCUT2D eigenvalue weighted by Gasteiger charge is 2.38. The first-order chi connectivity index (χ1) is 10.7. The highest BCUT2D eigenvalue weighted by atomic mass is 16.5. The number of amides is 2. The van der Waals surface area contributed by atoms with Crippen LogP contribution >= 0.6 is 0 Å². The lowest BCUT2D eigenvalue weighted by Crippen LogP contribution is -2.40. The molecular formula is C17H20N2O3. The van der Waals surface area contributed by atoms with Crippen molar-refractivity contribution in [1.29, 1.82) is 0 Å². The predicted molar refractivity (Wildman–Crippen MR) is 80.0 cm³/mol. The number of fused-ring (bicyclic) bond motifs is 3. The molecule has 5 heteroatoms. The van der Waals surface area contributed by atoms with Gasteiger partial charge in [-0.05, 0) is 37.2 Å². The maximum absolute atomic E-state index is 12.2. The van der Waals surface area contributed by atoms with Crippen LogP contribution in [0.4, 0.5) is 0 Å². The Kier molecular flexibility index (Phi) is 3.36. The van der Waals surface area contributed by atoms with Crippen molar-refractivity contribution in [1.82, 2.24) is 10.5 Å². The van der Waals surface area contributed by atoms with E-state index >= 15 is 0 Å². The molecule has 4 rings (SSSR count). The SMILES string of the molecule is O=C1CC[C@H](c2noc3c2C2CCCCCC2C=C3)C(=O)N1. The Morgan fingerprint density at radius 2 is 2.00 bits per heavy atom. The van der Waals surface area contributed by atoms with Crippen molar-refractivity contribution in [3.8, 4) is 0 Å². The van der Waals surface area contributed by atoms with Crippen LogP contribution in [0.5, 0.6) is 0 Å². The van der Waals surface area contributed by atoms with Gasteiger partial charge in [0.1, 0.15) is 5.69 Å². The van der Waals surface area contributed by atoms with E-state index in [-0.39, 0.29) is 17.7 Å². The summed E-state index contributed by atoms with van der Waals surface area (Å²) >= 11 is 0. The molecule has 0 bridgehead atoms. The van der Waals surface area contributed by atoms with E-state index < -0.39 is 0 Å². The molecule has 0 aromatic carbocycles. The monoisotopic (exact) mass is 300 g/mol. The number of aromatic nitrogens is 1. The molecule has 1 aromatic heterocycles. The fourth-order valence-corrected chi connectivity index (χ4v) is 4.16. The van der Waals surface area contributed by atoms with Gasteiger partial charge in [-0.1, -0.05) is 30.5 Å². The van der Waals surface area contributed by atoms with E-state index in [4.69, 9.17) is 4.52 Å². The minimum Gasteiger partial charge on any atom is -0.356 e. The quantitative estimate of drug-likeness (QED) is 0.809. The van der Waals surface area contributed by atoms with E-state index in [1.165, 1.54) is 25.7 Å². The molecule has 1 saturated heterocycles. The molecule has 1 saturated carbocycles. The molecule has 3 atom stereocenters. The maximum atomic E-state index is 12.2. The second kappa shape index (κ2) is 5.38. The predicted octanol–water partition coefficient (Wildman–Crippen LogP) is 2.89. The summed E-state index contributed by atoms with van der Waals surface area (Å²) in [5.41, 5.74) is 1.89. The molecular weight excluding hydrogens is 280 g/mol. The van der Waals surface area contributed by atoms with Crippen molar-refractivity contribution in [2.24, 2.45) is 5.92 Å². The molecule has 2 heterocycles. The number of allylic oxidation sites excluding steroid dienone is 1. The maximum Gasteiger partial charge on any atom is 0.235 e. The highest BCUT2D eigenvalue weighted by molar-refractivity contribution is 6.00. The van der Waals surface area contributed by atoms with E-state index in [2.05, 4.69) is 16.5 Å². The number of hydrogen-bond donors (Lipinski definition) is 1. The van der Waals surface area contributed by atoms with Crippen LogP contribution in [-0.2, 0) is 9.59 Å². The summed E-state index contributed by atoms with van der Waals surface area (Å²) in [5.74, 6) is 0.983. The standard InChI is InChI=1S/C17H20N2O3/c20-14-9-7-12(17(21)18-14)16-15-11-5-3-1-2-4-10(11)6-8-13(15)22-19-16/h6,8,10-12H,1-5,7,9H2,(H,18,20,21)/t10?,11?,12-/m1/s1. The van der Waals surface area contributed by atoms with E-state index in [0.717, 1.165) is 23.4 Å². The number of hydrogen-bond acceptors (Lipinski definition) is 4. The average Bonchev–Trinajstić information content (AvgIpc) is 2.77. The molecule has 116 valence electrons. The first-order valence-electron chi connectivity index (χ1n) is 8.25. The lowest BCUT2D eigenvalue weighted by molar-refractivity contribution is -0.134. The van der Waals surface area contributed by atoms with Crippen LogP contribution in [0.25, 0.3) is 6.08 Å². The second-order valence-electron chi connectivity index (χ2n) is 6.62. The topological polar surface area (TPSA) is 72.2 Å². The third kappa shape index (κ3) is 2.19. The van der Waals surface area contributed by atoms with Crippen LogP contribution in [0.15, 0.2) is 10.6 Å². The van der Waals surface area contributed by atoms with Crippen LogP contribution in [0.2, 0.25) is 0 Å². The number of carbonyl (C=O) groups is 2. The number of rotatable bonds is 1. The summed E-state index contributed by atoms with van der Waals surface area (Å²) in [4.78, 5) is 23.5. The van der Waals surface area contributed by atoms with Crippen molar-refractivity contribution in [2.75, 3.05) is 0 Å². The molecule has 5 nitrogen and oxygen atoms in total. The molecule has 1 aromatic rings. The fourth-order valence-electron chi connectivity index (χ4n) is 4.16. The lowest BCUT2D eigenvalue weighted by atomic mass is 9.76. The van der Waals surface area contributed by atoms with Crippen molar-refractivity contribution < 1.29 is 14.1 Å². The molecule has 2 fully saturated rings. The van der Waals surface area contributed by atoms with Crippen LogP contribution in [-0.4, -0.2) is 17.0 Å². The smallest absolute Gasteiger partial charge is 0.235 e. The Morgan fingerprint density at radius 3 is 2.86 bits per heavy atom. The van der Waals surface area contributed by atoms with E-state index in [0.29, 0.717) is 24.7 Å². The second-order valence-corrected chi connectivity index (χ2v) is 6.62. The van der Waals surface area contributed by atoms with Gasteiger partial charge < -0.3 is 4.52 Å². The first kappa shape index (κ1) is 13.7. The van der Waals surface area contributed by atoms with E-state index in [9.17, 15) is 9.59 Å². The largest absolute Gasteiger partial charge is 0.356 e. The van der Waals surface area contributed by atoms with Crippen LogP contribution in [0.1, 0.15) is 73.8 Å². The Balaban J connectivity index is 1.71. The Morgan fingerprint density at radius 1 is 1.14 bits per heavy atom. The molecule has 2 amide bonds. The van der Waals surface area contributed by atoms with Gasteiger partial charge in [0, 0.05) is 12.0 Å². The van der Waals surface area contributed by atoms with Gasteiger partial charge in [0.05, 0.1) is 5.92 Å². The van der Waals surface area contributed by atoms with Gasteiger partial charge in [0.2, 0.25) is 11.8 Å². The van der Waals surface area contributed by atoms with Gasteiger partial charge in [-0.2, -0.15) is 0 Å². The van der Waals surface area contributed by atoms with Crippen LogP contribution in [0.3, 0.4) is 0 Å². The number of piperidine rings is 1. The van der Waals surface area contributed by atoms with Crippen LogP contribution < -0.4 is 5.32 Å². The lowest BCUT2D eigenvalue weighted by Gasteiger charge is -2.27. The third-order valence-corrected chi connectivity index (χ3v) is 5.29. The molecule has 3 aliphatic rings. The van der Waals surface area contributed by atoms with Gasteiger partial charge in [-0.25, -0.2) is 0 Å². The molecule has 2 aliphatic carbocycles. The van der Waals surface area contributed by atoms with Crippen LogP contribution in [0, 0.1) is 5.92 Å². The highest BCUT2D eigenvalue weighted by Crippen LogP contribution is 2.45. The molecule has 22 heavy (non-hydrogen) atoms. The average molecular weight is 300 g/mol. The molecule has 1 N–H and O–H groups in total. The van der Waals surface area contributed by atoms with Gasteiger partial charge in [0.15, 0.2) is 5.76 Å². The number of nitrogens with zero attached hydrogens (tertiary/aromatic N) is 1. The number of imide groups is 1. The minimum absolute atomic E-state index is 0.189. The normalized spacial score (nSPS) is 31.2. The summed E-state index contributed by atoms with van der Waals surface area (Å²) in [6, 6.07) is 0. The fraction of sp³-hybridized carbons (Fsp3) is 0.588. The molecule has 2 unspecified atom stereocenters. The van der Waals surface area contributed by atoms with Crippen molar-refractivity contribution >= 4 is 17.9 Å².